The molecule has 1 rings (SSSR count). The van der Waals surface area contributed by atoms with Crippen molar-refractivity contribution in [1.82, 2.24) is 10.0 Å². The highest BCUT2D eigenvalue weighted by Gasteiger charge is 2.10. The van der Waals surface area contributed by atoms with Gasteiger partial charge in [0.2, 0.25) is 10.0 Å². The van der Waals surface area contributed by atoms with E-state index in [4.69, 9.17) is 4.74 Å². The van der Waals surface area contributed by atoms with E-state index in [-0.39, 0.29) is 5.75 Å². The molecular weight excluding hydrogens is 264 g/mol. The standard InChI is InChI=1S/C13H22N2O3S/c1-3-14-10-12-5-4-6-13(9-12)11-19(16,17)15-7-8-18-2/h4-6,9,14-15H,3,7-8,10-11H2,1-2H3. The van der Waals surface area contributed by atoms with Crippen molar-refractivity contribution < 1.29 is 13.2 Å². The number of hydrogen-bond acceptors (Lipinski definition) is 4. The van der Waals surface area contributed by atoms with Gasteiger partial charge >= 0.3 is 0 Å². The predicted molar refractivity (Wildman–Crippen MR) is 76.3 cm³/mol. The molecule has 0 aliphatic carbocycles. The Bertz CT molecular complexity index is 475. The Morgan fingerprint density at radius 1 is 1.26 bits per heavy atom. The van der Waals surface area contributed by atoms with E-state index < -0.39 is 10.0 Å². The van der Waals surface area contributed by atoms with Crippen LogP contribution in [-0.2, 0) is 27.1 Å². The van der Waals surface area contributed by atoms with Crippen LogP contribution >= 0.6 is 0 Å². The highest BCUT2D eigenvalue weighted by atomic mass is 32.2. The van der Waals surface area contributed by atoms with Crippen LogP contribution in [-0.4, -0.2) is 35.2 Å². The van der Waals surface area contributed by atoms with Crippen molar-refractivity contribution in [1.29, 1.82) is 0 Å². The maximum Gasteiger partial charge on any atom is 0.215 e. The molecule has 0 saturated heterocycles. The molecule has 0 saturated carbocycles. The largest absolute Gasteiger partial charge is 0.383 e. The SMILES string of the molecule is CCNCc1cccc(CS(=O)(=O)NCCOC)c1. The molecule has 1 aromatic carbocycles. The number of nitrogens with one attached hydrogen (secondary N) is 2. The van der Waals surface area contributed by atoms with Gasteiger partial charge in [-0.15, -0.1) is 0 Å². The Labute approximate surface area is 115 Å². The lowest BCUT2D eigenvalue weighted by atomic mass is 10.1. The fraction of sp³-hybridized carbons (Fsp3) is 0.538. The van der Waals surface area contributed by atoms with Gasteiger partial charge in [-0.05, 0) is 17.7 Å². The van der Waals surface area contributed by atoms with Gasteiger partial charge < -0.3 is 10.1 Å². The van der Waals surface area contributed by atoms with Gasteiger partial charge in [0.15, 0.2) is 0 Å². The number of rotatable bonds is 9. The van der Waals surface area contributed by atoms with Gasteiger partial charge in [-0.2, -0.15) is 0 Å². The Balaban J connectivity index is 2.60. The van der Waals surface area contributed by atoms with Crippen molar-refractivity contribution in [2.45, 2.75) is 19.2 Å². The minimum absolute atomic E-state index is 0.00329. The van der Waals surface area contributed by atoms with E-state index in [9.17, 15) is 8.42 Å². The number of hydrogen-bond donors (Lipinski definition) is 2. The van der Waals surface area contributed by atoms with Crippen LogP contribution in [0.15, 0.2) is 24.3 Å². The maximum absolute atomic E-state index is 11.8. The summed E-state index contributed by atoms with van der Waals surface area (Å²) in [5, 5.41) is 3.21. The lowest BCUT2D eigenvalue weighted by Crippen LogP contribution is -2.28. The van der Waals surface area contributed by atoms with Crippen LogP contribution in [0.2, 0.25) is 0 Å². The van der Waals surface area contributed by atoms with Gasteiger partial charge in [-0.25, -0.2) is 13.1 Å². The van der Waals surface area contributed by atoms with Crippen molar-refractivity contribution in [3.05, 3.63) is 35.4 Å². The summed E-state index contributed by atoms with van der Waals surface area (Å²) in [6.45, 7) is 4.35. The number of sulfonamides is 1. The molecule has 0 bridgehead atoms. The highest BCUT2D eigenvalue weighted by molar-refractivity contribution is 7.88. The van der Waals surface area contributed by atoms with Gasteiger partial charge in [-0.3, -0.25) is 0 Å². The Hall–Kier alpha value is -0.950. The second-order valence-corrected chi connectivity index (χ2v) is 6.05. The normalized spacial score (nSPS) is 11.7. The summed E-state index contributed by atoms with van der Waals surface area (Å²) in [5.74, 6) is -0.00329. The molecule has 0 spiro atoms. The monoisotopic (exact) mass is 286 g/mol. The zero-order valence-electron chi connectivity index (χ0n) is 11.5. The zero-order chi connectivity index (χ0) is 14.1. The summed E-state index contributed by atoms with van der Waals surface area (Å²) in [6, 6.07) is 7.60. The van der Waals surface area contributed by atoms with Gasteiger partial charge in [0.25, 0.3) is 0 Å². The van der Waals surface area contributed by atoms with E-state index in [1.54, 1.807) is 7.11 Å². The van der Waals surface area contributed by atoms with Crippen LogP contribution in [0.4, 0.5) is 0 Å². The average Bonchev–Trinajstić information content (AvgIpc) is 2.36. The van der Waals surface area contributed by atoms with Crippen molar-refractivity contribution in [2.24, 2.45) is 0 Å². The van der Waals surface area contributed by atoms with E-state index in [0.717, 1.165) is 24.2 Å². The highest BCUT2D eigenvalue weighted by Crippen LogP contribution is 2.08. The molecule has 2 N–H and O–H groups in total. The van der Waals surface area contributed by atoms with Crippen LogP contribution in [0.3, 0.4) is 0 Å². The Morgan fingerprint density at radius 2 is 2.00 bits per heavy atom. The van der Waals surface area contributed by atoms with Crippen LogP contribution < -0.4 is 10.0 Å². The van der Waals surface area contributed by atoms with E-state index in [0.29, 0.717) is 13.2 Å². The molecule has 0 aromatic heterocycles. The molecule has 0 aliphatic heterocycles. The third-order valence-corrected chi connectivity index (χ3v) is 3.91. The first-order valence-electron chi connectivity index (χ1n) is 6.32. The summed E-state index contributed by atoms with van der Waals surface area (Å²) in [7, 11) is -1.75. The Kier molecular flexibility index (Phi) is 7.01. The van der Waals surface area contributed by atoms with Crippen LogP contribution in [0, 0.1) is 0 Å². The summed E-state index contributed by atoms with van der Waals surface area (Å²) in [6.07, 6.45) is 0. The number of methoxy groups -OCH3 is 1. The molecule has 0 radical (unpaired) electrons. The molecule has 5 nitrogen and oxygen atoms in total. The smallest absolute Gasteiger partial charge is 0.215 e. The van der Waals surface area contributed by atoms with E-state index in [1.165, 1.54) is 0 Å². The number of ether oxygens (including phenoxy) is 1. The first-order chi connectivity index (χ1) is 9.07. The molecule has 1 aromatic rings. The van der Waals surface area contributed by atoms with Crippen LogP contribution in [0.5, 0.6) is 0 Å². The molecule has 108 valence electrons. The van der Waals surface area contributed by atoms with Crippen LogP contribution in [0.1, 0.15) is 18.1 Å². The molecule has 19 heavy (non-hydrogen) atoms. The van der Waals surface area contributed by atoms with Crippen molar-refractivity contribution in [3.63, 3.8) is 0 Å². The summed E-state index contributed by atoms with van der Waals surface area (Å²) >= 11 is 0. The average molecular weight is 286 g/mol. The van der Waals surface area contributed by atoms with Gasteiger partial charge in [0, 0.05) is 20.2 Å². The lowest BCUT2D eigenvalue weighted by Gasteiger charge is -2.08. The predicted octanol–water partition coefficient (Wildman–Crippen LogP) is 0.862. The third-order valence-electron chi connectivity index (χ3n) is 2.56. The first-order valence-corrected chi connectivity index (χ1v) is 7.97. The summed E-state index contributed by atoms with van der Waals surface area (Å²) in [4.78, 5) is 0. The van der Waals surface area contributed by atoms with E-state index >= 15 is 0 Å². The molecular formula is C13H22N2O3S. The van der Waals surface area contributed by atoms with Crippen molar-refractivity contribution >= 4 is 10.0 Å². The lowest BCUT2D eigenvalue weighted by molar-refractivity contribution is 0.204. The van der Waals surface area contributed by atoms with Crippen LogP contribution in [0.25, 0.3) is 0 Å². The van der Waals surface area contributed by atoms with Crippen molar-refractivity contribution in [2.75, 3.05) is 26.8 Å². The maximum atomic E-state index is 11.8. The van der Waals surface area contributed by atoms with Gasteiger partial charge in [-0.1, -0.05) is 31.2 Å². The fourth-order valence-electron chi connectivity index (χ4n) is 1.67. The third kappa shape index (κ3) is 6.68. The van der Waals surface area contributed by atoms with E-state index in [2.05, 4.69) is 10.0 Å². The quantitative estimate of drug-likeness (QED) is 0.661. The zero-order valence-corrected chi connectivity index (χ0v) is 12.3. The summed E-state index contributed by atoms with van der Waals surface area (Å²) < 4.78 is 31.0. The van der Waals surface area contributed by atoms with Gasteiger partial charge in [0.1, 0.15) is 0 Å². The molecule has 0 amide bonds. The molecule has 0 aliphatic rings. The minimum atomic E-state index is -3.29. The topological polar surface area (TPSA) is 67.4 Å². The van der Waals surface area contributed by atoms with Gasteiger partial charge in [0.05, 0.1) is 12.4 Å². The van der Waals surface area contributed by atoms with Crippen molar-refractivity contribution in [3.8, 4) is 0 Å². The molecule has 0 fully saturated rings. The molecule has 0 atom stereocenters. The Morgan fingerprint density at radius 3 is 2.68 bits per heavy atom. The second-order valence-electron chi connectivity index (χ2n) is 4.25. The molecule has 0 heterocycles. The van der Waals surface area contributed by atoms with E-state index in [1.807, 2.05) is 31.2 Å². The molecule has 0 unspecified atom stereocenters. The fourth-order valence-corrected chi connectivity index (χ4v) is 2.78. The summed E-state index contributed by atoms with van der Waals surface area (Å²) in [5.41, 5.74) is 1.88. The molecule has 6 heteroatoms. The first kappa shape index (κ1) is 16.1. The number of benzene rings is 1. The second kappa shape index (κ2) is 8.27. The minimum Gasteiger partial charge on any atom is -0.383 e.